The number of aliphatic hydroxyl groups excluding tert-OH is 1. The predicted octanol–water partition coefficient (Wildman–Crippen LogP) is 3.75. The van der Waals surface area contributed by atoms with E-state index in [1.807, 2.05) is 23.7 Å². The Morgan fingerprint density at radius 1 is 1.31 bits per heavy atom. The molecule has 0 spiro atoms. The Labute approximate surface area is 175 Å². The highest BCUT2D eigenvalue weighted by Gasteiger charge is 2.47. The number of aliphatic hydroxyl groups is 1. The molecule has 0 amide bonds. The van der Waals surface area contributed by atoms with Crippen LogP contribution in [0.25, 0.3) is 10.2 Å². The maximum atomic E-state index is 11.1. The number of carboxylic acids is 1. The second-order valence-electron chi connectivity index (χ2n) is 7.54. The van der Waals surface area contributed by atoms with Gasteiger partial charge in [0, 0.05) is 23.8 Å². The van der Waals surface area contributed by atoms with Crippen molar-refractivity contribution < 1.29 is 24.5 Å². The van der Waals surface area contributed by atoms with Crippen LogP contribution in [0.4, 0.5) is 0 Å². The fraction of sp³-hybridized carbons (Fsp3) is 0.450. The summed E-state index contributed by atoms with van der Waals surface area (Å²) in [7, 11) is 0. The van der Waals surface area contributed by atoms with E-state index in [4.69, 9.17) is 14.6 Å². The van der Waals surface area contributed by atoms with Crippen molar-refractivity contribution in [2.75, 3.05) is 6.61 Å². The molecular formula is C20H20N2O5S2. The third-order valence-corrected chi connectivity index (χ3v) is 7.60. The highest BCUT2D eigenvalue weighted by Crippen LogP contribution is 2.46. The van der Waals surface area contributed by atoms with Crippen LogP contribution in [0.5, 0.6) is 5.75 Å². The van der Waals surface area contributed by atoms with Crippen molar-refractivity contribution >= 4 is 38.9 Å². The van der Waals surface area contributed by atoms with Crippen LogP contribution in [-0.4, -0.2) is 45.0 Å². The molecular weight excluding hydrogens is 412 g/mol. The lowest BCUT2D eigenvalue weighted by Gasteiger charge is -2.33. The van der Waals surface area contributed by atoms with Gasteiger partial charge in [0.2, 0.25) is 0 Å². The number of nitrogens with zero attached hydrogens (tertiary/aromatic N) is 2. The Hall–Kier alpha value is -2.07. The van der Waals surface area contributed by atoms with Gasteiger partial charge in [-0.1, -0.05) is 0 Å². The van der Waals surface area contributed by atoms with Gasteiger partial charge in [0.15, 0.2) is 5.69 Å². The summed E-state index contributed by atoms with van der Waals surface area (Å²) in [5.41, 5.74) is 2.80. The topological polar surface area (TPSA) is 102 Å². The molecule has 1 saturated carbocycles. The average molecular weight is 433 g/mol. The number of aromatic carboxylic acids is 1. The molecule has 0 bridgehead atoms. The van der Waals surface area contributed by atoms with Gasteiger partial charge in [-0.15, -0.1) is 22.7 Å². The molecule has 0 radical (unpaired) electrons. The summed E-state index contributed by atoms with van der Waals surface area (Å²) < 4.78 is 13.3. The van der Waals surface area contributed by atoms with Gasteiger partial charge in [0.1, 0.15) is 16.9 Å². The van der Waals surface area contributed by atoms with Gasteiger partial charge < -0.3 is 19.7 Å². The summed E-state index contributed by atoms with van der Waals surface area (Å²) in [6, 6.07) is 5.87. The lowest BCUT2D eigenvalue weighted by molar-refractivity contribution is -0.0811. The summed E-state index contributed by atoms with van der Waals surface area (Å²) in [6.45, 7) is 0.437. The van der Waals surface area contributed by atoms with Crippen molar-refractivity contribution in [1.82, 2.24) is 9.97 Å². The van der Waals surface area contributed by atoms with Crippen molar-refractivity contribution in [2.24, 2.45) is 11.8 Å². The van der Waals surface area contributed by atoms with E-state index < -0.39 is 12.1 Å². The van der Waals surface area contributed by atoms with E-state index in [-0.39, 0.29) is 29.7 Å². The lowest BCUT2D eigenvalue weighted by atomic mass is 9.87. The summed E-state index contributed by atoms with van der Waals surface area (Å²) in [5, 5.41) is 21.9. The number of carbonyl (C=O) groups is 1. The summed E-state index contributed by atoms with van der Waals surface area (Å²) in [6.07, 6.45) is 1.49. The number of hydrogen-bond acceptors (Lipinski definition) is 8. The SMILES string of the molecule is O=C(O)c1csc([C@H]2CC[C@@H]3[C@@H](COc4ccc5scnc5c4)[C@H](O)C[C@@H]3O2)n1. The fourth-order valence-corrected chi connectivity index (χ4v) is 5.92. The summed E-state index contributed by atoms with van der Waals surface area (Å²) in [5.74, 6) is -0.0238. The number of ether oxygens (including phenoxy) is 2. The van der Waals surface area contributed by atoms with Crippen LogP contribution in [0.1, 0.15) is 40.9 Å². The molecule has 2 aromatic heterocycles. The molecule has 2 aliphatic rings. The van der Waals surface area contributed by atoms with E-state index in [9.17, 15) is 9.90 Å². The van der Waals surface area contributed by atoms with Crippen LogP contribution >= 0.6 is 22.7 Å². The van der Waals surface area contributed by atoms with Crippen molar-refractivity contribution in [3.63, 3.8) is 0 Å². The quantitative estimate of drug-likeness (QED) is 0.633. The number of benzene rings is 1. The Balaban J connectivity index is 1.23. The molecule has 3 aromatic rings. The molecule has 1 saturated heterocycles. The maximum Gasteiger partial charge on any atom is 0.355 e. The average Bonchev–Trinajstić information content (AvgIpc) is 3.43. The molecule has 1 aromatic carbocycles. The first-order valence-corrected chi connectivity index (χ1v) is 11.3. The lowest BCUT2D eigenvalue weighted by Crippen LogP contribution is -2.33. The molecule has 7 nitrogen and oxygen atoms in total. The summed E-state index contributed by atoms with van der Waals surface area (Å²) >= 11 is 2.92. The van der Waals surface area contributed by atoms with Crippen LogP contribution in [0.2, 0.25) is 0 Å². The van der Waals surface area contributed by atoms with E-state index in [1.54, 1.807) is 16.7 Å². The molecule has 152 valence electrons. The summed E-state index contributed by atoms with van der Waals surface area (Å²) in [4.78, 5) is 19.6. The number of carboxylic acid groups (broad SMARTS) is 1. The number of rotatable bonds is 5. The second kappa shape index (κ2) is 7.64. The molecule has 1 aliphatic heterocycles. The van der Waals surface area contributed by atoms with Crippen LogP contribution in [0, 0.1) is 11.8 Å². The van der Waals surface area contributed by atoms with Crippen LogP contribution in [-0.2, 0) is 4.74 Å². The van der Waals surface area contributed by atoms with Gasteiger partial charge in [-0.25, -0.2) is 14.8 Å². The van der Waals surface area contributed by atoms with Crippen LogP contribution < -0.4 is 4.74 Å². The first kappa shape index (κ1) is 18.9. The number of hydrogen-bond donors (Lipinski definition) is 2. The van der Waals surface area contributed by atoms with E-state index in [1.165, 1.54) is 11.3 Å². The highest BCUT2D eigenvalue weighted by atomic mass is 32.1. The van der Waals surface area contributed by atoms with Crippen molar-refractivity contribution in [3.05, 3.63) is 39.8 Å². The smallest absolute Gasteiger partial charge is 0.355 e. The zero-order valence-corrected chi connectivity index (χ0v) is 17.1. The molecule has 2 N–H and O–H groups in total. The molecule has 29 heavy (non-hydrogen) atoms. The van der Waals surface area contributed by atoms with Gasteiger partial charge in [-0.05, 0) is 30.9 Å². The molecule has 9 heteroatoms. The minimum Gasteiger partial charge on any atom is -0.493 e. The number of thiazole rings is 2. The van der Waals surface area contributed by atoms with E-state index in [0.29, 0.717) is 18.0 Å². The van der Waals surface area contributed by atoms with Gasteiger partial charge in [-0.3, -0.25) is 0 Å². The molecule has 5 rings (SSSR count). The Morgan fingerprint density at radius 2 is 2.21 bits per heavy atom. The van der Waals surface area contributed by atoms with Crippen molar-refractivity contribution in [2.45, 2.75) is 37.6 Å². The van der Waals surface area contributed by atoms with E-state index in [2.05, 4.69) is 9.97 Å². The Bertz CT molecular complexity index is 1030. The number of fused-ring (bicyclic) bond motifs is 2. The molecule has 1 aliphatic carbocycles. The largest absolute Gasteiger partial charge is 0.493 e. The third-order valence-electron chi connectivity index (χ3n) is 5.86. The van der Waals surface area contributed by atoms with Crippen LogP contribution in [0.15, 0.2) is 29.1 Å². The normalized spacial score (nSPS) is 29.1. The fourth-order valence-electron chi connectivity index (χ4n) is 4.40. The Kier molecular flexibility index (Phi) is 4.99. The predicted molar refractivity (Wildman–Crippen MR) is 109 cm³/mol. The van der Waals surface area contributed by atoms with Crippen LogP contribution in [0.3, 0.4) is 0 Å². The molecule has 0 unspecified atom stereocenters. The monoisotopic (exact) mass is 432 g/mol. The molecule has 3 heterocycles. The van der Waals surface area contributed by atoms with E-state index in [0.717, 1.165) is 28.8 Å². The molecule has 2 fully saturated rings. The highest BCUT2D eigenvalue weighted by molar-refractivity contribution is 7.16. The Morgan fingerprint density at radius 3 is 3.03 bits per heavy atom. The van der Waals surface area contributed by atoms with Crippen molar-refractivity contribution in [3.8, 4) is 5.75 Å². The standard InChI is InChI=1S/C20H20N2O5S2/c23-15-6-17-11(2-3-16(27-17)19-22-14(8-28-19)20(24)25)12(15)7-26-10-1-4-18-13(5-10)21-9-29-18/h1,4-5,8-9,11-12,15-17,23H,2-3,6-7H2,(H,24,25)/t11-,12-,15-,16-,17+/m1/s1. The minimum atomic E-state index is -1.02. The second-order valence-corrected chi connectivity index (χ2v) is 9.32. The molecule has 5 atom stereocenters. The van der Waals surface area contributed by atoms with Gasteiger partial charge in [0.25, 0.3) is 0 Å². The maximum absolute atomic E-state index is 11.1. The van der Waals surface area contributed by atoms with Gasteiger partial charge in [-0.2, -0.15) is 0 Å². The first-order chi connectivity index (χ1) is 14.1. The first-order valence-electron chi connectivity index (χ1n) is 9.57. The number of aromatic nitrogens is 2. The zero-order chi connectivity index (χ0) is 20.0. The minimum absolute atomic E-state index is 0.0120. The van der Waals surface area contributed by atoms with Gasteiger partial charge in [0.05, 0.1) is 34.5 Å². The van der Waals surface area contributed by atoms with Crippen molar-refractivity contribution in [1.29, 1.82) is 0 Å². The van der Waals surface area contributed by atoms with Gasteiger partial charge >= 0.3 is 5.97 Å². The third kappa shape index (κ3) is 3.63. The van der Waals surface area contributed by atoms with E-state index >= 15 is 0 Å². The zero-order valence-electron chi connectivity index (χ0n) is 15.4.